The fourth-order valence-corrected chi connectivity index (χ4v) is 4.03. The van der Waals surface area contributed by atoms with Crippen molar-refractivity contribution in [3.05, 3.63) is 72.3 Å². The summed E-state index contributed by atoms with van der Waals surface area (Å²) in [7, 11) is 1.62. The highest BCUT2D eigenvalue weighted by atomic mass is 19.1. The predicted octanol–water partition coefficient (Wildman–Crippen LogP) is 3.14. The summed E-state index contributed by atoms with van der Waals surface area (Å²) in [5.74, 6) is 1.35. The average Bonchev–Trinajstić information content (AvgIpc) is 3.30. The Balaban J connectivity index is 1.35. The Bertz CT molecular complexity index is 1060. The van der Waals surface area contributed by atoms with Crippen LogP contribution in [0, 0.1) is 5.82 Å². The number of hydrogen-bond acceptors (Lipinski definition) is 7. The van der Waals surface area contributed by atoms with Gasteiger partial charge >= 0.3 is 0 Å². The number of aromatic nitrogens is 2. The van der Waals surface area contributed by atoms with Gasteiger partial charge in [0.1, 0.15) is 23.8 Å². The number of β-amino-alcohol motifs (C(OH)–C–C–N with tert-alkyl or cyclic N) is 1. The van der Waals surface area contributed by atoms with Crippen LogP contribution in [-0.2, 0) is 17.8 Å². The van der Waals surface area contributed by atoms with Crippen LogP contribution in [0.4, 0.5) is 4.39 Å². The maximum Gasteiger partial charge on any atom is 0.161 e. The van der Waals surface area contributed by atoms with Gasteiger partial charge in [-0.3, -0.25) is 9.58 Å². The van der Waals surface area contributed by atoms with E-state index >= 15 is 0 Å². The molecule has 0 radical (unpaired) electrons. The van der Waals surface area contributed by atoms with E-state index in [1.54, 1.807) is 25.4 Å². The highest BCUT2D eigenvalue weighted by molar-refractivity contribution is 5.43. The van der Waals surface area contributed by atoms with Crippen molar-refractivity contribution < 1.29 is 28.4 Å². The van der Waals surface area contributed by atoms with Crippen molar-refractivity contribution in [1.29, 1.82) is 0 Å². The smallest absolute Gasteiger partial charge is 0.161 e. The molecule has 0 bridgehead atoms. The zero-order chi connectivity index (χ0) is 24.5. The number of rotatable bonds is 11. The normalized spacial score (nSPS) is 18.7. The first-order valence-electron chi connectivity index (χ1n) is 11.7. The van der Waals surface area contributed by atoms with Gasteiger partial charge in [-0.15, -0.1) is 0 Å². The SMILES string of the molecule is COc1ccc(CN2CCOCC(O)(COc3cccc(F)c3)C2)cc1OCCCn1cccn1. The summed E-state index contributed by atoms with van der Waals surface area (Å²) in [5, 5.41) is 15.4. The summed E-state index contributed by atoms with van der Waals surface area (Å²) >= 11 is 0. The molecule has 35 heavy (non-hydrogen) atoms. The molecule has 1 unspecified atom stereocenters. The molecule has 1 atom stereocenters. The van der Waals surface area contributed by atoms with Crippen LogP contribution in [0.1, 0.15) is 12.0 Å². The van der Waals surface area contributed by atoms with Crippen molar-refractivity contribution in [2.45, 2.75) is 25.1 Å². The second-order valence-electron chi connectivity index (χ2n) is 8.69. The molecule has 1 aliphatic heterocycles. The van der Waals surface area contributed by atoms with Gasteiger partial charge in [0.2, 0.25) is 0 Å². The number of nitrogens with zero attached hydrogens (tertiary/aromatic N) is 3. The number of aliphatic hydroxyl groups is 1. The summed E-state index contributed by atoms with van der Waals surface area (Å²) in [5.41, 5.74) is -0.190. The summed E-state index contributed by atoms with van der Waals surface area (Å²) in [6.07, 6.45) is 4.50. The lowest BCUT2D eigenvalue weighted by Gasteiger charge is -2.30. The molecule has 188 valence electrons. The summed E-state index contributed by atoms with van der Waals surface area (Å²) in [6.45, 7) is 3.57. The fraction of sp³-hybridized carbons (Fsp3) is 0.423. The lowest BCUT2D eigenvalue weighted by atomic mass is 10.1. The third kappa shape index (κ3) is 7.42. The van der Waals surface area contributed by atoms with Gasteiger partial charge in [-0.2, -0.15) is 5.10 Å². The first-order valence-corrected chi connectivity index (χ1v) is 11.7. The van der Waals surface area contributed by atoms with Crippen molar-refractivity contribution in [2.24, 2.45) is 0 Å². The molecule has 8 nitrogen and oxygen atoms in total. The van der Waals surface area contributed by atoms with E-state index in [1.165, 1.54) is 12.1 Å². The molecule has 9 heteroatoms. The maximum absolute atomic E-state index is 13.4. The van der Waals surface area contributed by atoms with Gasteiger partial charge in [-0.25, -0.2) is 4.39 Å². The lowest BCUT2D eigenvalue weighted by Crippen LogP contribution is -2.48. The summed E-state index contributed by atoms with van der Waals surface area (Å²) in [4.78, 5) is 2.12. The molecule has 1 aromatic heterocycles. The maximum atomic E-state index is 13.4. The highest BCUT2D eigenvalue weighted by Gasteiger charge is 2.33. The van der Waals surface area contributed by atoms with Gasteiger partial charge in [0.05, 0.1) is 26.9 Å². The van der Waals surface area contributed by atoms with Crippen LogP contribution in [0.3, 0.4) is 0 Å². The molecule has 0 amide bonds. The van der Waals surface area contributed by atoms with E-state index in [0.717, 1.165) is 18.5 Å². The topological polar surface area (TPSA) is 78.2 Å². The minimum Gasteiger partial charge on any atom is -0.493 e. The molecular formula is C26H32FN3O5. The minimum absolute atomic E-state index is 0.000178. The predicted molar refractivity (Wildman–Crippen MR) is 128 cm³/mol. The van der Waals surface area contributed by atoms with Gasteiger partial charge in [0.25, 0.3) is 0 Å². The minimum atomic E-state index is -1.22. The number of methoxy groups -OCH3 is 1. The van der Waals surface area contributed by atoms with Crippen LogP contribution in [0.5, 0.6) is 17.2 Å². The van der Waals surface area contributed by atoms with E-state index in [9.17, 15) is 9.50 Å². The third-order valence-corrected chi connectivity index (χ3v) is 5.73. The first kappa shape index (κ1) is 25.0. The van der Waals surface area contributed by atoms with E-state index in [1.807, 2.05) is 35.1 Å². The Labute approximate surface area is 204 Å². The van der Waals surface area contributed by atoms with E-state index < -0.39 is 5.60 Å². The standard InChI is InChI=1S/C26H32FN3O5/c1-32-24-8-7-21(15-25(24)34-13-4-11-30-10-3-9-28-30)17-29-12-14-33-19-26(31,18-29)20-35-23-6-2-5-22(27)16-23/h2-3,5-10,15-16,31H,4,11-14,17-20H2,1H3. The molecule has 1 saturated heterocycles. The Hall–Kier alpha value is -3.14. The van der Waals surface area contributed by atoms with Crippen LogP contribution in [0.15, 0.2) is 60.9 Å². The van der Waals surface area contributed by atoms with Crippen molar-refractivity contribution in [3.63, 3.8) is 0 Å². The zero-order valence-corrected chi connectivity index (χ0v) is 19.9. The quantitative estimate of drug-likeness (QED) is 0.418. The van der Waals surface area contributed by atoms with Crippen molar-refractivity contribution in [1.82, 2.24) is 14.7 Å². The molecular weight excluding hydrogens is 453 g/mol. The summed E-state index contributed by atoms with van der Waals surface area (Å²) in [6, 6.07) is 13.6. The Kier molecular flexibility index (Phi) is 8.57. The van der Waals surface area contributed by atoms with Crippen molar-refractivity contribution in [2.75, 3.05) is 46.6 Å². The summed E-state index contributed by atoms with van der Waals surface area (Å²) < 4.78 is 38.1. The number of ether oxygens (including phenoxy) is 4. The first-order chi connectivity index (χ1) is 17.0. The average molecular weight is 486 g/mol. The Morgan fingerprint density at radius 3 is 2.86 bits per heavy atom. The van der Waals surface area contributed by atoms with Crippen molar-refractivity contribution >= 4 is 0 Å². The lowest BCUT2D eigenvalue weighted by molar-refractivity contribution is -0.0647. The van der Waals surface area contributed by atoms with Crippen molar-refractivity contribution in [3.8, 4) is 17.2 Å². The van der Waals surface area contributed by atoms with Crippen LogP contribution < -0.4 is 14.2 Å². The molecule has 2 heterocycles. The fourth-order valence-electron chi connectivity index (χ4n) is 4.03. The van der Waals surface area contributed by atoms with E-state index in [0.29, 0.717) is 50.1 Å². The van der Waals surface area contributed by atoms with E-state index in [-0.39, 0.29) is 19.0 Å². The largest absolute Gasteiger partial charge is 0.493 e. The number of halogens is 1. The van der Waals surface area contributed by atoms with Crippen LogP contribution in [0.2, 0.25) is 0 Å². The highest BCUT2D eigenvalue weighted by Crippen LogP contribution is 2.29. The van der Waals surface area contributed by atoms with Crippen LogP contribution in [-0.4, -0.2) is 72.0 Å². The Morgan fingerprint density at radius 1 is 1.14 bits per heavy atom. The zero-order valence-electron chi connectivity index (χ0n) is 19.9. The second kappa shape index (κ2) is 12.0. The monoisotopic (exact) mass is 485 g/mol. The molecule has 0 spiro atoms. The van der Waals surface area contributed by atoms with E-state index in [2.05, 4.69) is 10.00 Å². The van der Waals surface area contributed by atoms with Gasteiger partial charge in [-0.1, -0.05) is 12.1 Å². The molecule has 4 rings (SSSR count). The number of hydrogen-bond donors (Lipinski definition) is 1. The molecule has 1 N–H and O–H groups in total. The van der Waals surface area contributed by atoms with Gasteiger partial charge in [-0.05, 0) is 35.9 Å². The molecule has 0 aliphatic carbocycles. The number of aryl methyl sites for hydroxylation is 1. The third-order valence-electron chi connectivity index (χ3n) is 5.73. The van der Waals surface area contributed by atoms with Gasteiger partial charge < -0.3 is 24.1 Å². The van der Waals surface area contributed by atoms with Crippen LogP contribution >= 0.6 is 0 Å². The molecule has 2 aromatic carbocycles. The molecule has 3 aromatic rings. The van der Waals surface area contributed by atoms with E-state index in [4.69, 9.17) is 18.9 Å². The molecule has 0 saturated carbocycles. The van der Waals surface area contributed by atoms with Gasteiger partial charge in [0.15, 0.2) is 11.5 Å². The van der Waals surface area contributed by atoms with Crippen LogP contribution in [0.25, 0.3) is 0 Å². The number of benzene rings is 2. The Morgan fingerprint density at radius 2 is 2.06 bits per heavy atom. The second-order valence-corrected chi connectivity index (χ2v) is 8.69. The van der Waals surface area contributed by atoms with Gasteiger partial charge in [0, 0.05) is 51.1 Å². The molecule has 1 aliphatic rings. The molecule has 1 fully saturated rings.